The molecule has 0 aliphatic rings. The molecule has 0 aromatic carbocycles. The molecular weight excluding hydrogens is 188 g/mol. The van der Waals surface area contributed by atoms with Crippen LogP contribution < -0.4 is 10.6 Å². The molecule has 0 aromatic rings. The Hall–Kier alpha value is -0.410. The van der Waals surface area contributed by atoms with Crippen molar-refractivity contribution in [2.24, 2.45) is 9.98 Å². The topological polar surface area (TPSA) is 48.8 Å². The van der Waals surface area contributed by atoms with Crippen LogP contribution in [-0.2, 0) is 0 Å². The van der Waals surface area contributed by atoms with Crippen molar-refractivity contribution in [2.75, 3.05) is 20.6 Å². The molecule has 0 atom stereocenters. The number of aliphatic imine (C=N–C) groups is 2. The van der Waals surface area contributed by atoms with Crippen LogP contribution in [0.4, 0.5) is 0 Å². The molecule has 0 saturated heterocycles. The largest absolute Gasteiger partial charge is 0.283 e. The van der Waals surface area contributed by atoms with Gasteiger partial charge in [0.15, 0.2) is 5.79 Å². The molecule has 0 bridgehead atoms. The van der Waals surface area contributed by atoms with Gasteiger partial charge in [-0.3, -0.25) is 10.6 Å². The molecule has 78 valence electrons. The van der Waals surface area contributed by atoms with Gasteiger partial charge in [-0.15, -0.1) is 12.4 Å². The van der Waals surface area contributed by atoms with Crippen LogP contribution in [0.25, 0.3) is 0 Å². The first-order chi connectivity index (χ1) is 5.74. The van der Waals surface area contributed by atoms with Crippen LogP contribution in [0.3, 0.4) is 0 Å². The summed E-state index contributed by atoms with van der Waals surface area (Å²) in [6, 6.07) is 2.65. The minimum Gasteiger partial charge on any atom is -0.283 e. The Kier molecular flexibility index (Phi) is 9.51. The molecule has 4 nitrogen and oxygen atoms in total. The highest BCUT2D eigenvalue weighted by Crippen LogP contribution is 2.04. The lowest BCUT2D eigenvalue weighted by Gasteiger charge is -2.25. The fraction of sp³-hybridized carbons (Fsp3) is 0.875. The average Bonchev–Trinajstić information content (AvgIpc) is 2.14. The van der Waals surface area contributed by atoms with E-state index < -0.39 is 5.79 Å². The SMILES string of the molecule is CCN=C=NC(CC)(NC)NC.Cl. The van der Waals surface area contributed by atoms with Crippen molar-refractivity contribution >= 4 is 18.4 Å². The van der Waals surface area contributed by atoms with Crippen LogP contribution in [-0.4, -0.2) is 32.4 Å². The molecule has 0 spiro atoms. The van der Waals surface area contributed by atoms with Crippen LogP contribution in [0.15, 0.2) is 9.98 Å². The summed E-state index contributed by atoms with van der Waals surface area (Å²) in [6.07, 6.45) is 0.853. The van der Waals surface area contributed by atoms with E-state index in [1.165, 1.54) is 0 Å². The minimum atomic E-state index is -0.404. The molecule has 0 aromatic heterocycles. The molecule has 0 aliphatic heterocycles. The van der Waals surface area contributed by atoms with E-state index in [9.17, 15) is 0 Å². The number of nitrogens with one attached hydrogen (secondary N) is 2. The lowest BCUT2D eigenvalue weighted by atomic mass is 10.3. The standard InChI is InChI=1S/C8H18N4.ClH/c1-5-8(9-3,10-4)12-7-11-6-2;/h9-10H,5-6H2,1-4H3;1H. The Bertz CT molecular complexity index is 163. The van der Waals surface area contributed by atoms with Gasteiger partial charge < -0.3 is 0 Å². The summed E-state index contributed by atoms with van der Waals surface area (Å²) in [5.41, 5.74) is 0. The van der Waals surface area contributed by atoms with Crippen molar-refractivity contribution < 1.29 is 0 Å². The Morgan fingerprint density at radius 1 is 1.23 bits per heavy atom. The van der Waals surface area contributed by atoms with E-state index >= 15 is 0 Å². The van der Waals surface area contributed by atoms with Crippen LogP contribution >= 0.6 is 12.4 Å². The van der Waals surface area contributed by atoms with Crippen molar-refractivity contribution in [2.45, 2.75) is 26.1 Å². The lowest BCUT2D eigenvalue weighted by Crippen LogP contribution is -2.51. The number of hydrogen-bond acceptors (Lipinski definition) is 4. The maximum absolute atomic E-state index is 4.16. The Labute approximate surface area is 86.3 Å². The maximum atomic E-state index is 4.16. The van der Waals surface area contributed by atoms with Gasteiger partial charge in [0.2, 0.25) is 0 Å². The first kappa shape index (κ1) is 15.1. The van der Waals surface area contributed by atoms with Crippen molar-refractivity contribution in [3.05, 3.63) is 0 Å². The first-order valence-electron chi connectivity index (χ1n) is 4.25. The number of halogens is 1. The maximum Gasteiger partial charge on any atom is 0.174 e. The zero-order chi connectivity index (χ0) is 9.45. The summed E-state index contributed by atoms with van der Waals surface area (Å²) in [7, 11) is 3.72. The number of rotatable bonds is 5. The van der Waals surface area contributed by atoms with Gasteiger partial charge in [0.1, 0.15) is 0 Å². The summed E-state index contributed by atoms with van der Waals surface area (Å²) in [4.78, 5) is 8.07. The third kappa shape index (κ3) is 5.01. The van der Waals surface area contributed by atoms with Gasteiger partial charge >= 0.3 is 0 Å². The summed E-state index contributed by atoms with van der Waals surface area (Å²) in [6.45, 7) is 4.72. The summed E-state index contributed by atoms with van der Waals surface area (Å²) in [5, 5.41) is 6.15. The van der Waals surface area contributed by atoms with Gasteiger partial charge in [0, 0.05) is 6.54 Å². The second-order valence-corrected chi connectivity index (χ2v) is 2.40. The Morgan fingerprint density at radius 3 is 2.08 bits per heavy atom. The molecule has 5 heteroatoms. The van der Waals surface area contributed by atoms with Crippen LogP contribution in [0, 0.1) is 0 Å². The van der Waals surface area contributed by atoms with Crippen molar-refractivity contribution in [3.63, 3.8) is 0 Å². The summed E-state index contributed by atoms with van der Waals surface area (Å²) in [5.74, 6) is -0.404. The average molecular weight is 207 g/mol. The molecule has 0 rings (SSSR count). The lowest BCUT2D eigenvalue weighted by molar-refractivity contribution is 0.301. The molecule has 0 heterocycles. The summed E-state index contributed by atoms with van der Waals surface area (Å²) < 4.78 is 0. The normalized spacial score (nSPS) is 9.85. The highest BCUT2D eigenvalue weighted by atomic mass is 35.5. The highest BCUT2D eigenvalue weighted by molar-refractivity contribution is 5.85. The smallest absolute Gasteiger partial charge is 0.174 e. The van der Waals surface area contributed by atoms with Gasteiger partial charge in [-0.25, -0.2) is 4.99 Å². The molecule has 0 radical (unpaired) electrons. The first-order valence-corrected chi connectivity index (χ1v) is 4.25. The predicted octanol–water partition coefficient (Wildman–Crippen LogP) is 1.10. The van der Waals surface area contributed by atoms with Crippen molar-refractivity contribution in [3.8, 4) is 0 Å². The van der Waals surface area contributed by atoms with Crippen molar-refractivity contribution in [1.29, 1.82) is 0 Å². The molecule has 13 heavy (non-hydrogen) atoms. The van der Waals surface area contributed by atoms with Crippen LogP contribution in [0.1, 0.15) is 20.3 Å². The second kappa shape index (κ2) is 8.20. The zero-order valence-electron chi connectivity index (χ0n) is 8.72. The fourth-order valence-corrected chi connectivity index (χ4v) is 0.861. The Balaban J connectivity index is 0. The predicted molar refractivity (Wildman–Crippen MR) is 58.8 cm³/mol. The van der Waals surface area contributed by atoms with E-state index in [-0.39, 0.29) is 12.4 Å². The van der Waals surface area contributed by atoms with E-state index in [2.05, 4.69) is 26.6 Å². The third-order valence-corrected chi connectivity index (χ3v) is 1.81. The quantitative estimate of drug-likeness (QED) is 0.523. The third-order valence-electron chi connectivity index (χ3n) is 1.81. The van der Waals surface area contributed by atoms with E-state index in [1.54, 1.807) is 0 Å². The van der Waals surface area contributed by atoms with Gasteiger partial charge in [0.25, 0.3) is 0 Å². The molecular formula is C8H19ClN4. The van der Waals surface area contributed by atoms with E-state index in [0.717, 1.165) is 13.0 Å². The van der Waals surface area contributed by atoms with E-state index in [0.29, 0.717) is 0 Å². The summed E-state index contributed by atoms with van der Waals surface area (Å²) >= 11 is 0. The van der Waals surface area contributed by atoms with Gasteiger partial charge in [-0.2, -0.15) is 4.99 Å². The fourth-order valence-electron chi connectivity index (χ4n) is 0.861. The molecule has 0 unspecified atom stereocenters. The second-order valence-electron chi connectivity index (χ2n) is 2.40. The highest BCUT2D eigenvalue weighted by Gasteiger charge is 2.20. The van der Waals surface area contributed by atoms with Crippen LogP contribution in [0.5, 0.6) is 0 Å². The molecule has 0 aliphatic carbocycles. The minimum absolute atomic E-state index is 0. The van der Waals surface area contributed by atoms with Crippen LogP contribution in [0.2, 0.25) is 0 Å². The number of nitrogens with zero attached hydrogens (tertiary/aromatic N) is 2. The van der Waals surface area contributed by atoms with Gasteiger partial charge in [0.05, 0.1) is 6.01 Å². The zero-order valence-corrected chi connectivity index (χ0v) is 9.53. The molecule has 2 N–H and O–H groups in total. The van der Waals surface area contributed by atoms with Crippen molar-refractivity contribution in [1.82, 2.24) is 10.6 Å². The Morgan fingerprint density at radius 2 is 1.77 bits per heavy atom. The van der Waals surface area contributed by atoms with Gasteiger partial charge in [-0.05, 0) is 27.4 Å². The van der Waals surface area contributed by atoms with E-state index in [1.807, 2.05) is 27.9 Å². The number of hydrogen-bond donors (Lipinski definition) is 2. The monoisotopic (exact) mass is 206 g/mol. The molecule has 0 saturated carbocycles. The van der Waals surface area contributed by atoms with Gasteiger partial charge in [-0.1, -0.05) is 6.92 Å². The molecule has 0 fully saturated rings. The van der Waals surface area contributed by atoms with E-state index in [4.69, 9.17) is 0 Å². The molecule has 0 amide bonds.